The van der Waals surface area contributed by atoms with Crippen molar-refractivity contribution < 1.29 is 19.4 Å². The number of hydrogen-bond acceptors (Lipinski definition) is 4. The van der Waals surface area contributed by atoms with E-state index in [0.29, 0.717) is 41.4 Å². The Labute approximate surface area is 158 Å². The van der Waals surface area contributed by atoms with Crippen molar-refractivity contribution in [3.8, 4) is 11.5 Å². The van der Waals surface area contributed by atoms with Gasteiger partial charge in [-0.2, -0.15) is 0 Å². The lowest BCUT2D eigenvalue weighted by Gasteiger charge is -2.34. The van der Waals surface area contributed by atoms with E-state index in [1.807, 2.05) is 20.8 Å². The Morgan fingerprint density at radius 1 is 1.19 bits per heavy atom. The molecule has 2 aromatic rings. The average Bonchev–Trinajstić information content (AvgIpc) is 2.62. The molecule has 0 bridgehead atoms. The molecule has 0 aliphatic carbocycles. The molecule has 1 heterocycles. The molecule has 0 spiro atoms. The number of phenolic OH excluding ortho intramolecular Hbond substituents is 1. The van der Waals surface area contributed by atoms with Gasteiger partial charge in [-0.3, -0.25) is 9.59 Å². The van der Waals surface area contributed by atoms with Crippen molar-refractivity contribution in [1.82, 2.24) is 0 Å². The maximum atomic E-state index is 12.8. The number of phenols is 1. The van der Waals surface area contributed by atoms with Gasteiger partial charge in [0.1, 0.15) is 18.1 Å². The number of nitrogens with one attached hydrogen (secondary N) is 1. The standard InChI is InChI=1S/C21H24N2O4/c1-13-15(6-5-7-17(13)24)19(25)22-14-8-9-18-16(12-14)23(10-11-27-18)20(26)21(2,3)4/h5-9,12,24H,10-11H2,1-4H3,(H,22,25). The van der Waals surface area contributed by atoms with Crippen LogP contribution in [0.3, 0.4) is 0 Å². The van der Waals surface area contributed by atoms with Crippen LogP contribution in [0.25, 0.3) is 0 Å². The van der Waals surface area contributed by atoms with Gasteiger partial charge in [0.2, 0.25) is 5.91 Å². The summed E-state index contributed by atoms with van der Waals surface area (Å²) < 4.78 is 5.66. The zero-order valence-electron chi connectivity index (χ0n) is 16.0. The fourth-order valence-electron chi connectivity index (χ4n) is 2.98. The minimum absolute atomic E-state index is 0.000599. The maximum Gasteiger partial charge on any atom is 0.256 e. The summed E-state index contributed by atoms with van der Waals surface area (Å²) >= 11 is 0. The third-order valence-electron chi connectivity index (χ3n) is 4.52. The second kappa shape index (κ2) is 6.95. The predicted molar refractivity (Wildman–Crippen MR) is 105 cm³/mol. The van der Waals surface area contributed by atoms with E-state index >= 15 is 0 Å². The van der Waals surface area contributed by atoms with Crippen LogP contribution in [0.2, 0.25) is 0 Å². The molecule has 2 aromatic carbocycles. The van der Waals surface area contributed by atoms with Gasteiger partial charge in [0.15, 0.2) is 0 Å². The Morgan fingerprint density at radius 2 is 1.93 bits per heavy atom. The molecule has 0 fully saturated rings. The van der Waals surface area contributed by atoms with Crippen LogP contribution in [0.5, 0.6) is 11.5 Å². The minimum atomic E-state index is -0.521. The number of fused-ring (bicyclic) bond motifs is 1. The number of benzene rings is 2. The van der Waals surface area contributed by atoms with Crippen LogP contribution in [0.1, 0.15) is 36.7 Å². The molecule has 2 N–H and O–H groups in total. The number of hydrogen-bond donors (Lipinski definition) is 2. The summed E-state index contributed by atoms with van der Waals surface area (Å²) in [5, 5.41) is 12.6. The van der Waals surface area contributed by atoms with Gasteiger partial charge in [0.25, 0.3) is 5.91 Å². The van der Waals surface area contributed by atoms with Crippen LogP contribution >= 0.6 is 0 Å². The van der Waals surface area contributed by atoms with Gasteiger partial charge in [-0.25, -0.2) is 0 Å². The summed E-state index contributed by atoms with van der Waals surface area (Å²) in [6.07, 6.45) is 0. The molecule has 0 radical (unpaired) electrons. The molecule has 0 unspecified atom stereocenters. The largest absolute Gasteiger partial charge is 0.508 e. The second-order valence-corrected chi connectivity index (χ2v) is 7.64. The molecule has 6 heteroatoms. The lowest BCUT2D eigenvalue weighted by atomic mass is 9.94. The Balaban J connectivity index is 1.90. The van der Waals surface area contributed by atoms with E-state index in [9.17, 15) is 14.7 Å². The third kappa shape index (κ3) is 3.74. The number of carbonyl (C=O) groups is 2. The number of ether oxygens (including phenoxy) is 1. The van der Waals surface area contributed by atoms with Gasteiger partial charge in [-0.15, -0.1) is 0 Å². The summed E-state index contributed by atoms with van der Waals surface area (Å²) in [5.74, 6) is 0.363. The van der Waals surface area contributed by atoms with E-state index in [0.717, 1.165) is 0 Å². The monoisotopic (exact) mass is 368 g/mol. The highest BCUT2D eigenvalue weighted by Gasteiger charge is 2.32. The van der Waals surface area contributed by atoms with Crippen LogP contribution in [-0.4, -0.2) is 30.1 Å². The molecule has 27 heavy (non-hydrogen) atoms. The summed E-state index contributed by atoms with van der Waals surface area (Å²) in [7, 11) is 0. The topological polar surface area (TPSA) is 78.9 Å². The van der Waals surface area contributed by atoms with E-state index in [1.54, 1.807) is 48.2 Å². The van der Waals surface area contributed by atoms with E-state index in [2.05, 4.69) is 5.32 Å². The van der Waals surface area contributed by atoms with Crippen LogP contribution in [0, 0.1) is 12.3 Å². The molecular formula is C21H24N2O4. The van der Waals surface area contributed by atoms with Crippen molar-refractivity contribution in [3.05, 3.63) is 47.5 Å². The van der Waals surface area contributed by atoms with Crippen molar-refractivity contribution in [2.45, 2.75) is 27.7 Å². The van der Waals surface area contributed by atoms with Crippen molar-refractivity contribution >= 4 is 23.2 Å². The zero-order chi connectivity index (χ0) is 19.8. The number of aromatic hydroxyl groups is 1. The maximum absolute atomic E-state index is 12.8. The van der Waals surface area contributed by atoms with Gasteiger partial charge in [0, 0.05) is 22.2 Å². The molecule has 1 aliphatic rings. The van der Waals surface area contributed by atoms with Gasteiger partial charge < -0.3 is 20.1 Å². The lowest BCUT2D eigenvalue weighted by Crippen LogP contribution is -2.44. The fraction of sp³-hybridized carbons (Fsp3) is 0.333. The highest BCUT2D eigenvalue weighted by atomic mass is 16.5. The quantitative estimate of drug-likeness (QED) is 0.847. The van der Waals surface area contributed by atoms with Crippen LogP contribution < -0.4 is 15.0 Å². The summed E-state index contributed by atoms with van der Waals surface area (Å²) in [6.45, 7) is 8.21. The Kier molecular flexibility index (Phi) is 4.83. The Hall–Kier alpha value is -3.02. The number of nitrogens with zero attached hydrogens (tertiary/aromatic N) is 1. The molecule has 1 aliphatic heterocycles. The second-order valence-electron chi connectivity index (χ2n) is 7.64. The molecule has 3 rings (SSSR count). The number of amides is 2. The molecule has 6 nitrogen and oxygen atoms in total. The molecule has 0 atom stereocenters. The molecular weight excluding hydrogens is 344 g/mol. The van der Waals surface area contributed by atoms with Crippen molar-refractivity contribution in [3.63, 3.8) is 0 Å². The normalized spacial score (nSPS) is 13.6. The molecule has 0 aromatic heterocycles. The first-order valence-electron chi connectivity index (χ1n) is 8.87. The average molecular weight is 368 g/mol. The fourth-order valence-corrected chi connectivity index (χ4v) is 2.98. The number of carbonyl (C=O) groups excluding carboxylic acids is 2. The predicted octanol–water partition coefficient (Wildman–Crippen LogP) is 3.72. The third-order valence-corrected chi connectivity index (χ3v) is 4.52. The summed E-state index contributed by atoms with van der Waals surface area (Å²) in [6, 6.07) is 10.1. The molecule has 0 saturated heterocycles. The van der Waals surface area contributed by atoms with E-state index < -0.39 is 5.41 Å². The van der Waals surface area contributed by atoms with Crippen molar-refractivity contribution in [2.75, 3.05) is 23.4 Å². The first-order valence-corrected chi connectivity index (χ1v) is 8.87. The van der Waals surface area contributed by atoms with E-state index in [-0.39, 0.29) is 17.6 Å². The molecule has 142 valence electrons. The first kappa shape index (κ1) is 18.8. The number of rotatable bonds is 2. The highest BCUT2D eigenvalue weighted by Crippen LogP contribution is 2.36. The lowest BCUT2D eigenvalue weighted by molar-refractivity contribution is -0.126. The van der Waals surface area contributed by atoms with Gasteiger partial charge >= 0.3 is 0 Å². The summed E-state index contributed by atoms with van der Waals surface area (Å²) in [4.78, 5) is 27.1. The number of anilines is 2. The molecule has 2 amide bonds. The van der Waals surface area contributed by atoms with Gasteiger partial charge in [-0.05, 0) is 37.3 Å². The highest BCUT2D eigenvalue weighted by molar-refractivity contribution is 6.06. The minimum Gasteiger partial charge on any atom is -0.508 e. The van der Waals surface area contributed by atoms with Crippen LogP contribution in [-0.2, 0) is 4.79 Å². The van der Waals surface area contributed by atoms with Gasteiger partial charge in [-0.1, -0.05) is 26.8 Å². The van der Waals surface area contributed by atoms with E-state index in [4.69, 9.17) is 4.74 Å². The molecule has 0 saturated carbocycles. The first-order chi connectivity index (χ1) is 12.7. The SMILES string of the molecule is Cc1c(O)cccc1C(=O)Nc1ccc2c(c1)N(C(=O)C(C)(C)C)CCO2. The Bertz CT molecular complexity index is 900. The van der Waals surface area contributed by atoms with Crippen molar-refractivity contribution in [1.29, 1.82) is 0 Å². The van der Waals surface area contributed by atoms with E-state index in [1.165, 1.54) is 0 Å². The van der Waals surface area contributed by atoms with Crippen molar-refractivity contribution in [2.24, 2.45) is 5.41 Å². The van der Waals surface area contributed by atoms with Crippen LogP contribution in [0.4, 0.5) is 11.4 Å². The van der Waals surface area contributed by atoms with Crippen LogP contribution in [0.15, 0.2) is 36.4 Å². The smallest absolute Gasteiger partial charge is 0.256 e. The summed E-state index contributed by atoms with van der Waals surface area (Å²) in [5.41, 5.74) is 1.59. The zero-order valence-corrected chi connectivity index (χ0v) is 16.0. The van der Waals surface area contributed by atoms with Gasteiger partial charge in [0.05, 0.1) is 12.2 Å². The Morgan fingerprint density at radius 3 is 2.63 bits per heavy atom.